The van der Waals surface area contributed by atoms with Gasteiger partial charge in [-0.15, -0.1) is 0 Å². The molecular formula is C29H26N4O3. The summed E-state index contributed by atoms with van der Waals surface area (Å²) in [6, 6.07) is 17.4. The maximum atomic E-state index is 13.2. The number of aromatic nitrogens is 2. The molecule has 3 aromatic rings. The van der Waals surface area contributed by atoms with E-state index in [0.717, 1.165) is 27.5 Å². The molecule has 4 rings (SSSR count). The highest BCUT2D eigenvalue weighted by molar-refractivity contribution is 6.19. The molecular weight excluding hydrogens is 452 g/mol. The maximum absolute atomic E-state index is 13.2. The van der Waals surface area contributed by atoms with Gasteiger partial charge in [-0.3, -0.25) is 14.5 Å². The van der Waals surface area contributed by atoms with Crippen LogP contribution in [0, 0.1) is 18.3 Å². The predicted molar refractivity (Wildman–Crippen MR) is 138 cm³/mol. The van der Waals surface area contributed by atoms with E-state index in [2.05, 4.69) is 6.58 Å². The zero-order valence-electron chi connectivity index (χ0n) is 20.5. The minimum absolute atomic E-state index is 0.0281. The van der Waals surface area contributed by atoms with Gasteiger partial charge < -0.3 is 4.74 Å². The number of hydrogen-bond acceptors (Lipinski definition) is 5. The molecule has 7 nitrogen and oxygen atoms in total. The van der Waals surface area contributed by atoms with E-state index in [9.17, 15) is 14.9 Å². The van der Waals surface area contributed by atoms with Gasteiger partial charge in [0.15, 0.2) is 0 Å². The highest BCUT2D eigenvalue weighted by Crippen LogP contribution is 2.33. The predicted octanol–water partition coefficient (Wildman–Crippen LogP) is 5.02. The van der Waals surface area contributed by atoms with Crippen LogP contribution in [0.25, 0.3) is 23.0 Å². The number of rotatable bonds is 7. The molecule has 1 aliphatic heterocycles. The van der Waals surface area contributed by atoms with Crippen molar-refractivity contribution in [1.82, 2.24) is 14.7 Å². The fourth-order valence-corrected chi connectivity index (χ4v) is 4.13. The summed E-state index contributed by atoms with van der Waals surface area (Å²) in [4.78, 5) is 26.9. The lowest BCUT2D eigenvalue weighted by Gasteiger charge is -2.26. The number of benzene rings is 2. The second-order valence-corrected chi connectivity index (χ2v) is 8.31. The van der Waals surface area contributed by atoms with Crippen LogP contribution < -0.4 is 4.74 Å². The smallest absolute Gasteiger partial charge is 0.271 e. The van der Waals surface area contributed by atoms with Crippen molar-refractivity contribution in [2.24, 2.45) is 0 Å². The SMILES string of the molecule is C=CCOc1ccc(-c2nn(-c3ccccc3)cc2/C=C2/C(=O)N(CC)C(=O)C(C#N)=C2C)c(C)c1. The first-order valence-electron chi connectivity index (χ1n) is 11.6. The summed E-state index contributed by atoms with van der Waals surface area (Å²) in [5.74, 6) is -0.274. The number of imide groups is 1. The molecule has 0 aliphatic carbocycles. The number of para-hydroxylation sites is 1. The highest BCUT2D eigenvalue weighted by atomic mass is 16.5. The quantitative estimate of drug-likeness (QED) is 0.270. The molecule has 7 heteroatoms. The molecule has 0 N–H and O–H groups in total. The van der Waals surface area contributed by atoms with Crippen LogP contribution in [0.15, 0.2) is 84.1 Å². The molecule has 180 valence electrons. The Morgan fingerprint density at radius 1 is 1.11 bits per heavy atom. The van der Waals surface area contributed by atoms with E-state index in [1.165, 1.54) is 0 Å². The van der Waals surface area contributed by atoms with E-state index in [0.29, 0.717) is 29.0 Å². The number of hydrogen-bond donors (Lipinski definition) is 0. The molecule has 2 aromatic carbocycles. The van der Waals surface area contributed by atoms with Gasteiger partial charge in [0, 0.05) is 29.4 Å². The van der Waals surface area contributed by atoms with Crippen molar-refractivity contribution in [3.8, 4) is 28.8 Å². The molecule has 2 heterocycles. The minimum atomic E-state index is -0.564. The molecule has 2 amide bonds. The van der Waals surface area contributed by atoms with E-state index in [-0.39, 0.29) is 12.1 Å². The lowest BCUT2D eigenvalue weighted by molar-refractivity contribution is -0.140. The number of carbonyl (C=O) groups excluding carboxylic acids is 2. The second kappa shape index (κ2) is 10.3. The Hall–Kier alpha value is -4.70. The summed E-state index contributed by atoms with van der Waals surface area (Å²) in [6.07, 6.45) is 5.25. The standard InChI is InChI=1S/C29H26N4O3/c1-5-14-36-23-12-13-24(19(3)15-23)27-21(18-33(31-27)22-10-8-7-9-11-22)16-25-20(4)26(17-30)29(35)32(6-2)28(25)34/h5,7-13,15-16,18H,1,6,14H2,2-4H3/b25-16+. The lowest BCUT2D eigenvalue weighted by atomic mass is 9.93. The van der Waals surface area contributed by atoms with Crippen LogP contribution in [0.1, 0.15) is 25.0 Å². The Labute approximate surface area is 210 Å². The molecule has 1 aliphatic rings. The zero-order chi connectivity index (χ0) is 25.8. The first-order valence-corrected chi connectivity index (χ1v) is 11.6. The normalized spacial score (nSPS) is 14.8. The number of nitrogens with zero attached hydrogens (tertiary/aromatic N) is 4. The molecule has 0 saturated carbocycles. The minimum Gasteiger partial charge on any atom is -0.490 e. The van der Waals surface area contributed by atoms with Gasteiger partial charge in [-0.25, -0.2) is 4.68 Å². The lowest BCUT2D eigenvalue weighted by Crippen LogP contribution is -2.42. The average Bonchev–Trinajstić information content (AvgIpc) is 3.30. The third kappa shape index (κ3) is 4.49. The third-order valence-electron chi connectivity index (χ3n) is 6.03. The largest absolute Gasteiger partial charge is 0.490 e. The molecule has 0 spiro atoms. The van der Waals surface area contributed by atoms with Gasteiger partial charge in [-0.05, 0) is 68.3 Å². The Morgan fingerprint density at radius 3 is 2.50 bits per heavy atom. The number of aryl methyl sites for hydroxylation is 1. The van der Waals surface area contributed by atoms with E-state index in [4.69, 9.17) is 9.84 Å². The van der Waals surface area contributed by atoms with Gasteiger partial charge in [0.1, 0.15) is 29.7 Å². The van der Waals surface area contributed by atoms with Crippen molar-refractivity contribution >= 4 is 17.9 Å². The molecule has 0 unspecified atom stereocenters. The van der Waals surface area contributed by atoms with E-state index < -0.39 is 11.8 Å². The zero-order valence-corrected chi connectivity index (χ0v) is 20.5. The van der Waals surface area contributed by atoms with Crippen molar-refractivity contribution in [2.45, 2.75) is 20.8 Å². The van der Waals surface area contributed by atoms with Crippen LogP contribution in [0.4, 0.5) is 0 Å². The molecule has 36 heavy (non-hydrogen) atoms. The van der Waals surface area contributed by atoms with Gasteiger partial charge in [0.25, 0.3) is 11.8 Å². The highest BCUT2D eigenvalue weighted by Gasteiger charge is 2.34. The van der Waals surface area contributed by atoms with Crippen LogP contribution in [-0.2, 0) is 9.59 Å². The Bertz CT molecular complexity index is 1460. The van der Waals surface area contributed by atoms with Gasteiger partial charge in [0.05, 0.1) is 5.69 Å². The summed E-state index contributed by atoms with van der Waals surface area (Å²) < 4.78 is 7.42. The number of amides is 2. The van der Waals surface area contributed by atoms with E-state index in [1.807, 2.05) is 67.7 Å². The summed E-state index contributed by atoms with van der Waals surface area (Å²) in [5, 5.41) is 14.5. The average molecular weight is 479 g/mol. The monoisotopic (exact) mass is 478 g/mol. The second-order valence-electron chi connectivity index (χ2n) is 8.31. The fraction of sp³-hybridized carbons (Fsp3) is 0.172. The topological polar surface area (TPSA) is 88.2 Å². The van der Waals surface area contributed by atoms with Crippen molar-refractivity contribution in [3.05, 3.63) is 95.2 Å². The Kier molecular flexibility index (Phi) is 6.98. The van der Waals surface area contributed by atoms with Crippen LogP contribution in [0.3, 0.4) is 0 Å². The van der Waals surface area contributed by atoms with E-state index >= 15 is 0 Å². The Balaban J connectivity index is 1.91. The van der Waals surface area contributed by atoms with Gasteiger partial charge >= 0.3 is 0 Å². The molecule has 0 atom stereocenters. The van der Waals surface area contributed by atoms with Gasteiger partial charge in [-0.1, -0.05) is 30.9 Å². The van der Waals surface area contributed by atoms with Crippen LogP contribution in [-0.4, -0.2) is 39.6 Å². The van der Waals surface area contributed by atoms with Crippen molar-refractivity contribution in [1.29, 1.82) is 5.26 Å². The number of likely N-dealkylation sites (N-methyl/N-ethyl adjacent to an activating group) is 1. The number of carbonyl (C=O) groups is 2. The molecule has 0 bridgehead atoms. The number of ether oxygens (including phenoxy) is 1. The number of nitriles is 1. The maximum Gasteiger partial charge on any atom is 0.271 e. The van der Waals surface area contributed by atoms with Gasteiger partial charge in [-0.2, -0.15) is 10.4 Å². The summed E-state index contributed by atoms with van der Waals surface area (Å²) in [6.45, 7) is 9.57. The summed E-state index contributed by atoms with van der Waals surface area (Å²) in [5.41, 5.74) is 4.66. The molecule has 0 radical (unpaired) electrons. The summed E-state index contributed by atoms with van der Waals surface area (Å²) in [7, 11) is 0. The summed E-state index contributed by atoms with van der Waals surface area (Å²) >= 11 is 0. The van der Waals surface area contributed by atoms with Crippen molar-refractivity contribution in [3.63, 3.8) is 0 Å². The van der Waals surface area contributed by atoms with Gasteiger partial charge in [0.2, 0.25) is 0 Å². The third-order valence-corrected chi connectivity index (χ3v) is 6.03. The van der Waals surface area contributed by atoms with Crippen LogP contribution in [0.2, 0.25) is 0 Å². The molecule has 0 saturated heterocycles. The fourth-order valence-electron chi connectivity index (χ4n) is 4.13. The van der Waals surface area contributed by atoms with Crippen molar-refractivity contribution < 1.29 is 14.3 Å². The first kappa shape index (κ1) is 24.4. The Morgan fingerprint density at radius 2 is 1.86 bits per heavy atom. The van der Waals surface area contributed by atoms with Crippen LogP contribution in [0.5, 0.6) is 5.75 Å². The van der Waals surface area contributed by atoms with Crippen molar-refractivity contribution in [2.75, 3.05) is 13.2 Å². The van der Waals surface area contributed by atoms with Crippen LogP contribution >= 0.6 is 0 Å². The molecule has 0 fully saturated rings. The first-order chi connectivity index (χ1) is 17.4. The van der Waals surface area contributed by atoms with E-state index in [1.54, 1.807) is 30.7 Å². The molecule has 1 aromatic heterocycles.